The summed E-state index contributed by atoms with van der Waals surface area (Å²) in [7, 11) is 0. The molecule has 1 saturated heterocycles. The normalized spacial score (nSPS) is 33.2. The zero-order chi connectivity index (χ0) is 13.2. The van der Waals surface area contributed by atoms with Gasteiger partial charge in [0.05, 0.1) is 19.3 Å². The molecule has 3 N–H and O–H groups in total. The number of carbonyl (C=O) groups is 1. The van der Waals surface area contributed by atoms with Crippen LogP contribution >= 0.6 is 0 Å². The third kappa shape index (κ3) is 3.67. The molecular weight excluding hydrogens is 232 g/mol. The summed E-state index contributed by atoms with van der Waals surface area (Å²) >= 11 is 0. The van der Waals surface area contributed by atoms with Gasteiger partial charge in [-0.05, 0) is 39.5 Å². The van der Waals surface area contributed by atoms with Gasteiger partial charge in [-0.1, -0.05) is 0 Å². The number of ether oxygens (including phenoxy) is 2. The zero-order valence-electron chi connectivity index (χ0n) is 11.3. The third-order valence-electron chi connectivity index (χ3n) is 3.87. The monoisotopic (exact) mass is 256 g/mol. The van der Waals surface area contributed by atoms with Gasteiger partial charge in [0.2, 0.25) is 5.91 Å². The molecule has 0 bridgehead atoms. The molecule has 1 saturated carbocycles. The van der Waals surface area contributed by atoms with Crippen LogP contribution in [0, 0.1) is 5.92 Å². The van der Waals surface area contributed by atoms with Gasteiger partial charge >= 0.3 is 0 Å². The van der Waals surface area contributed by atoms with Crippen molar-refractivity contribution in [1.82, 2.24) is 5.32 Å². The number of primary amides is 1. The molecule has 5 heteroatoms. The van der Waals surface area contributed by atoms with Crippen LogP contribution in [-0.4, -0.2) is 37.0 Å². The average molecular weight is 256 g/mol. The maximum absolute atomic E-state index is 11.1. The molecule has 0 aromatic heterocycles. The highest BCUT2D eigenvalue weighted by atomic mass is 16.7. The molecular formula is C13H24N2O3. The summed E-state index contributed by atoms with van der Waals surface area (Å²) in [4.78, 5) is 11.1. The summed E-state index contributed by atoms with van der Waals surface area (Å²) in [6.07, 6.45) is 3.81. The van der Waals surface area contributed by atoms with Gasteiger partial charge in [0.25, 0.3) is 0 Å². The average Bonchev–Trinajstić information content (AvgIpc) is 2.33. The second-order valence-corrected chi connectivity index (χ2v) is 5.84. The van der Waals surface area contributed by atoms with Crippen molar-refractivity contribution in [1.29, 1.82) is 0 Å². The Bertz CT molecular complexity index is 289. The molecule has 18 heavy (non-hydrogen) atoms. The summed E-state index contributed by atoms with van der Waals surface area (Å²) in [6.45, 7) is 5.23. The molecule has 0 aromatic rings. The summed E-state index contributed by atoms with van der Waals surface area (Å²) in [6, 6.07) is 0.715. The van der Waals surface area contributed by atoms with E-state index in [4.69, 9.17) is 15.2 Å². The highest BCUT2D eigenvalue weighted by molar-refractivity contribution is 5.76. The Kier molecular flexibility index (Phi) is 4.25. The van der Waals surface area contributed by atoms with Crippen molar-refractivity contribution < 1.29 is 14.3 Å². The molecule has 1 aliphatic carbocycles. The molecule has 0 aromatic carbocycles. The van der Waals surface area contributed by atoms with Crippen molar-refractivity contribution in [2.45, 2.75) is 57.4 Å². The van der Waals surface area contributed by atoms with Gasteiger partial charge < -0.3 is 20.5 Å². The van der Waals surface area contributed by atoms with Gasteiger partial charge in [-0.2, -0.15) is 0 Å². The van der Waals surface area contributed by atoms with Crippen LogP contribution in [0.5, 0.6) is 0 Å². The largest absolute Gasteiger partial charge is 0.369 e. The smallest absolute Gasteiger partial charge is 0.220 e. The molecule has 1 amide bonds. The predicted octanol–water partition coefficient (Wildman–Crippen LogP) is 0.772. The van der Waals surface area contributed by atoms with Gasteiger partial charge in [0, 0.05) is 12.0 Å². The molecule has 104 valence electrons. The molecule has 2 aliphatic rings. The summed E-state index contributed by atoms with van der Waals surface area (Å²) in [5, 5.41) is 3.55. The molecule has 5 nitrogen and oxygen atoms in total. The molecule has 1 aliphatic heterocycles. The Labute approximate surface area is 108 Å². The molecule has 0 unspecified atom stereocenters. The second-order valence-electron chi connectivity index (χ2n) is 5.84. The van der Waals surface area contributed by atoms with E-state index in [1.54, 1.807) is 0 Å². The van der Waals surface area contributed by atoms with Crippen molar-refractivity contribution in [3.63, 3.8) is 0 Å². The minimum Gasteiger partial charge on any atom is -0.369 e. The van der Waals surface area contributed by atoms with E-state index < -0.39 is 5.79 Å². The molecule has 0 atom stereocenters. The molecule has 0 spiro atoms. The lowest BCUT2D eigenvalue weighted by molar-refractivity contribution is -0.253. The van der Waals surface area contributed by atoms with Gasteiger partial charge in [-0.25, -0.2) is 0 Å². The summed E-state index contributed by atoms with van der Waals surface area (Å²) < 4.78 is 11.2. The fraction of sp³-hybridized carbons (Fsp3) is 0.923. The highest BCUT2D eigenvalue weighted by Gasteiger charge is 2.31. The van der Waals surface area contributed by atoms with Crippen LogP contribution in [0.25, 0.3) is 0 Å². The number of rotatable bonds is 3. The van der Waals surface area contributed by atoms with Gasteiger partial charge in [-0.15, -0.1) is 0 Å². The second kappa shape index (κ2) is 5.55. The SMILES string of the molecule is CC1(C)OCC(NC2CCC(C(N)=O)CC2)CO1. The van der Waals surface area contributed by atoms with Crippen LogP contribution in [0.4, 0.5) is 0 Å². The Morgan fingerprint density at radius 1 is 1.11 bits per heavy atom. The number of nitrogens with one attached hydrogen (secondary N) is 1. The predicted molar refractivity (Wildman–Crippen MR) is 67.8 cm³/mol. The van der Waals surface area contributed by atoms with Crippen molar-refractivity contribution in [3.8, 4) is 0 Å². The lowest BCUT2D eigenvalue weighted by atomic mass is 9.85. The Balaban J connectivity index is 1.71. The van der Waals surface area contributed by atoms with E-state index in [1.807, 2.05) is 13.8 Å². The maximum atomic E-state index is 11.1. The molecule has 0 radical (unpaired) electrons. The molecule has 1 heterocycles. The highest BCUT2D eigenvalue weighted by Crippen LogP contribution is 2.25. The maximum Gasteiger partial charge on any atom is 0.220 e. The van der Waals surface area contributed by atoms with Crippen LogP contribution in [0.2, 0.25) is 0 Å². The summed E-state index contributed by atoms with van der Waals surface area (Å²) in [5.41, 5.74) is 5.33. The van der Waals surface area contributed by atoms with E-state index in [1.165, 1.54) is 0 Å². The van der Waals surface area contributed by atoms with Crippen molar-refractivity contribution in [2.24, 2.45) is 11.7 Å². The number of nitrogens with two attached hydrogens (primary N) is 1. The van der Waals surface area contributed by atoms with Crippen LogP contribution in [0.15, 0.2) is 0 Å². The fourth-order valence-electron chi connectivity index (χ4n) is 2.67. The van der Waals surface area contributed by atoms with Crippen LogP contribution in [0.3, 0.4) is 0 Å². The zero-order valence-corrected chi connectivity index (χ0v) is 11.3. The van der Waals surface area contributed by atoms with Crippen LogP contribution < -0.4 is 11.1 Å². The number of carbonyl (C=O) groups excluding carboxylic acids is 1. The Hall–Kier alpha value is -0.650. The van der Waals surface area contributed by atoms with E-state index in [-0.39, 0.29) is 17.9 Å². The van der Waals surface area contributed by atoms with E-state index >= 15 is 0 Å². The first-order valence-corrected chi connectivity index (χ1v) is 6.79. The Morgan fingerprint density at radius 2 is 1.67 bits per heavy atom. The number of hydrogen-bond acceptors (Lipinski definition) is 4. The van der Waals surface area contributed by atoms with Crippen LogP contribution in [-0.2, 0) is 14.3 Å². The first kappa shape index (κ1) is 13.8. The topological polar surface area (TPSA) is 73.6 Å². The fourth-order valence-corrected chi connectivity index (χ4v) is 2.67. The van der Waals surface area contributed by atoms with E-state index in [9.17, 15) is 4.79 Å². The number of amides is 1. The minimum absolute atomic E-state index is 0.0702. The lowest BCUT2D eigenvalue weighted by Crippen LogP contribution is -2.52. The van der Waals surface area contributed by atoms with E-state index in [0.29, 0.717) is 19.3 Å². The van der Waals surface area contributed by atoms with Gasteiger partial charge in [0.1, 0.15) is 0 Å². The first-order valence-electron chi connectivity index (χ1n) is 6.79. The van der Waals surface area contributed by atoms with E-state index in [0.717, 1.165) is 25.7 Å². The lowest BCUT2D eigenvalue weighted by Gasteiger charge is -2.38. The Morgan fingerprint density at radius 3 is 2.17 bits per heavy atom. The van der Waals surface area contributed by atoms with Crippen LogP contribution in [0.1, 0.15) is 39.5 Å². The quantitative estimate of drug-likeness (QED) is 0.782. The van der Waals surface area contributed by atoms with Crippen molar-refractivity contribution >= 4 is 5.91 Å². The standard InChI is InChI=1S/C13H24N2O3/c1-13(2)17-7-11(8-18-13)15-10-5-3-9(4-6-10)12(14)16/h9-11,15H,3-8H2,1-2H3,(H2,14,16). The van der Waals surface area contributed by atoms with E-state index in [2.05, 4.69) is 5.32 Å². The molecule has 2 fully saturated rings. The van der Waals surface area contributed by atoms with Gasteiger partial charge in [0.15, 0.2) is 5.79 Å². The minimum atomic E-state index is -0.457. The van der Waals surface area contributed by atoms with Gasteiger partial charge in [-0.3, -0.25) is 4.79 Å². The first-order chi connectivity index (χ1) is 8.46. The van der Waals surface area contributed by atoms with Crippen molar-refractivity contribution in [2.75, 3.05) is 13.2 Å². The number of hydrogen-bond donors (Lipinski definition) is 2. The third-order valence-corrected chi connectivity index (χ3v) is 3.87. The summed E-state index contributed by atoms with van der Waals surface area (Å²) in [5.74, 6) is -0.540. The molecule has 2 rings (SSSR count). The van der Waals surface area contributed by atoms with Crippen molar-refractivity contribution in [3.05, 3.63) is 0 Å².